The lowest BCUT2D eigenvalue weighted by atomic mass is 10.2. The van der Waals surface area contributed by atoms with Gasteiger partial charge >= 0.3 is 8.80 Å². The van der Waals surface area contributed by atoms with E-state index in [2.05, 4.69) is 36.2 Å². The van der Waals surface area contributed by atoms with Gasteiger partial charge in [0.1, 0.15) is 12.3 Å². The summed E-state index contributed by atoms with van der Waals surface area (Å²) in [5.41, 5.74) is 6.97. The molecule has 1 fully saturated rings. The Morgan fingerprint density at radius 2 is 1.97 bits per heavy atom. The lowest BCUT2D eigenvalue weighted by Crippen LogP contribution is -2.37. The molecule has 0 spiro atoms. The van der Waals surface area contributed by atoms with Crippen LogP contribution in [0.3, 0.4) is 0 Å². The zero-order chi connectivity index (χ0) is 27.1. The van der Waals surface area contributed by atoms with Crippen LogP contribution in [0.2, 0.25) is 6.04 Å². The minimum absolute atomic E-state index is 0.117. The minimum Gasteiger partial charge on any atom is -0.394 e. The molecule has 38 heavy (non-hydrogen) atoms. The molecular weight excluding hydrogens is 514 g/mol. The molecule has 1 unspecified atom stereocenters. The molecule has 3 aromatic rings. The number of hydrazine groups is 1. The van der Waals surface area contributed by atoms with Crippen molar-refractivity contribution < 1.29 is 28.6 Å². The van der Waals surface area contributed by atoms with Gasteiger partial charge in [-0.3, -0.25) is 5.43 Å². The number of hydrogen-bond donors (Lipinski definition) is 7. The van der Waals surface area contributed by atoms with Crippen LogP contribution in [0, 0.1) is 0 Å². The van der Waals surface area contributed by atoms with E-state index in [1.807, 2.05) is 35.0 Å². The molecule has 15 nitrogen and oxygen atoms in total. The number of anilines is 3. The SMILES string of the molecule is COC1C[C@H](n2cc(C=NNc3nc(NN)nc(NCCC[Si](O)(O)OC)n3)c3ccccc32)O[C@@H]1CO. The highest BCUT2D eigenvalue weighted by atomic mass is 28.4. The number of aliphatic hydroxyl groups excluding tert-OH is 1. The molecule has 1 aliphatic rings. The Labute approximate surface area is 220 Å². The van der Waals surface area contributed by atoms with Gasteiger partial charge in [0.15, 0.2) is 0 Å². The summed E-state index contributed by atoms with van der Waals surface area (Å²) < 4.78 is 18.2. The Kier molecular flexibility index (Phi) is 9.18. The second kappa shape index (κ2) is 12.5. The first-order chi connectivity index (χ1) is 18.4. The summed E-state index contributed by atoms with van der Waals surface area (Å²) in [6, 6.07) is 8.00. The van der Waals surface area contributed by atoms with E-state index in [0.717, 1.165) is 16.5 Å². The predicted octanol–water partition coefficient (Wildman–Crippen LogP) is 0.225. The van der Waals surface area contributed by atoms with Gasteiger partial charge in [-0.2, -0.15) is 20.1 Å². The number of ether oxygens (including phenoxy) is 2. The first kappa shape index (κ1) is 27.8. The molecule has 0 bridgehead atoms. The number of hydrogen-bond acceptors (Lipinski definition) is 14. The summed E-state index contributed by atoms with van der Waals surface area (Å²) in [7, 11) is -0.732. The topological polar surface area (TPSA) is 206 Å². The molecule has 2 aromatic heterocycles. The zero-order valence-corrected chi connectivity index (χ0v) is 22.1. The quantitative estimate of drug-likeness (QED) is 0.0503. The van der Waals surface area contributed by atoms with Crippen LogP contribution in [0.1, 0.15) is 24.6 Å². The number of rotatable bonds is 13. The monoisotopic (exact) mass is 547 g/mol. The van der Waals surface area contributed by atoms with E-state index in [1.54, 1.807) is 13.3 Å². The maximum absolute atomic E-state index is 9.64. The molecule has 0 amide bonds. The summed E-state index contributed by atoms with van der Waals surface area (Å²) in [4.78, 5) is 31.8. The van der Waals surface area contributed by atoms with Crippen molar-refractivity contribution in [2.24, 2.45) is 10.9 Å². The van der Waals surface area contributed by atoms with E-state index >= 15 is 0 Å². The number of aliphatic hydroxyl groups is 1. The molecule has 1 aromatic carbocycles. The first-order valence-corrected chi connectivity index (χ1v) is 14.0. The molecule has 3 atom stereocenters. The minimum atomic E-state index is -3.62. The third kappa shape index (κ3) is 6.61. The van der Waals surface area contributed by atoms with Crippen LogP contribution in [0.15, 0.2) is 35.6 Å². The lowest BCUT2D eigenvalue weighted by molar-refractivity contribution is -0.0509. The largest absolute Gasteiger partial charge is 0.495 e. The van der Waals surface area contributed by atoms with Crippen molar-refractivity contribution >= 4 is 43.8 Å². The number of aromatic nitrogens is 4. The number of para-hydroxylation sites is 1. The van der Waals surface area contributed by atoms with Gasteiger partial charge in [0.25, 0.3) is 0 Å². The van der Waals surface area contributed by atoms with Crippen molar-refractivity contribution in [3.63, 3.8) is 0 Å². The Bertz CT molecular complexity index is 1230. The van der Waals surface area contributed by atoms with Gasteiger partial charge in [0.05, 0.1) is 24.4 Å². The van der Waals surface area contributed by atoms with Crippen molar-refractivity contribution in [3.8, 4) is 0 Å². The van der Waals surface area contributed by atoms with Gasteiger partial charge in [-0.1, -0.05) is 18.2 Å². The van der Waals surface area contributed by atoms with E-state index in [0.29, 0.717) is 19.4 Å². The molecule has 1 saturated heterocycles. The number of nitrogen functional groups attached to an aromatic ring is 1. The van der Waals surface area contributed by atoms with Gasteiger partial charge in [0.2, 0.25) is 17.8 Å². The van der Waals surface area contributed by atoms with Crippen molar-refractivity contribution in [1.82, 2.24) is 19.5 Å². The third-order valence-corrected chi connectivity index (χ3v) is 7.83. The van der Waals surface area contributed by atoms with Crippen LogP contribution in [0.25, 0.3) is 10.9 Å². The van der Waals surface area contributed by atoms with Crippen molar-refractivity contribution in [2.45, 2.75) is 37.3 Å². The summed E-state index contributed by atoms with van der Waals surface area (Å²) >= 11 is 0. The van der Waals surface area contributed by atoms with Crippen LogP contribution >= 0.6 is 0 Å². The average molecular weight is 548 g/mol. The predicted molar refractivity (Wildman–Crippen MR) is 142 cm³/mol. The maximum Gasteiger partial charge on any atom is 0.495 e. The van der Waals surface area contributed by atoms with Crippen LogP contribution in [0.4, 0.5) is 17.8 Å². The van der Waals surface area contributed by atoms with E-state index in [9.17, 15) is 14.7 Å². The number of methoxy groups -OCH3 is 1. The van der Waals surface area contributed by atoms with E-state index < -0.39 is 8.80 Å². The molecular formula is C22H33N9O6Si. The van der Waals surface area contributed by atoms with Gasteiger partial charge < -0.3 is 38.5 Å². The number of nitrogens with one attached hydrogen (secondary N) is 3. The molecule has 0 saturated carbocycles. The van der Waals surface area contributed by atoms with E-state index in [-0.39, 0.29) is 48.9 Å². The molecule has 16 heteroatoms. The number of hydrazone groups is 1. The molecule has 0 aliphatic carbocycles. The second-order valence-corrected chi connectivity index (χ2v) is 11.0. The molecule has 3 heterocycles. The summed E-state index contributed by atoms with van der Waals surface area (Å²) in [6.07, 6.45) is 3.75. The fraction of sp³-hybridized carbons (Fsp3) is 0.455. The Balaban J connectivity index is 1.47. The summed E-state index contributed by atoms with van der Waals surface area (Å²) in [6.45, 7) is 0.257. The fourth-order valence-electron chi connectivity index (χ4n) is 4.21. The zero-order valence-electron chi connectivity index (χ0n) is 21.1. The van der Waals surface area contributed by atoms with Crippen LogP contribution in [0.5, 0.6) is 0 Å². The highest BCUT2D eigenvalue weighted by Crippen LogP contribution is 2.34. The molecule has 206 valence electrons. The second-order valence-electron chi connectivity index (χ2n) is 8.63. The Morgan fingerprint density at radius 3 is 2.68 bits per heavy atom. The van der Waals surface area contributed by atoms with Crippen molar-refractivity contribution in [3.05, 3.63) is 36.0 Å². The summed E-state index contributed by atoms with van der Waals surface area (Å²) in [5, 5.41) is 17.9. The molecule has 0 radical (unpaired) electrons. The first-order valence-electron chi connectivity index (χ1n) is 12.0. The Hall–Kier alpha value is -3.22. The number of benzene rings is 1. The standard InChI is InChI=1S/C22H33N9O6Si/c1-35-17-10-19(37-18(17)13-32)31-12-14(15-6-3-4-7-16(15)31)11-25-30-22-27-20(26-21(28-22)29-23)24-8-5-9-38(33,34)36-2/h3-4,6-7,11-12,17-19,32-34H,5,8-10,13,23H2,1-2H3,(H3,24,26,27,28,29,30)/t17?,18-,19-/m1/s1. The smallest absolute Gasteiger partial charge is 0.394 e. The van der Waals surface area contributed by atoms with Gasteiger partial charge in [-0.05, 0) is 12.5 Å². The number of nitrogens with zero attached hydrogens (tertiary/aromatic N) is 5. The maximum atomic E-state index is 9.64. The van der Waals surface area contributed by atoms with Crippen LogP contribution < -0.4 is 22.0 Å². The Morgan fingerprint density at radius 1 is 1.21 bits per heavy atom. The number of fused-ring (bicyclic) bond motifs is 1. The lowest BCUT2D eigenvalue weighted by Gasteiger charge is -2.15. The highest BCUT2D eigenvalue weighted by molar-refractivity contribution is 6.57. The van der Waals surface area contributed by atoms with Crippen molar-refractivity contribution in [2.75, 3.05) is 43.5 Å². The van der Waals surface area contributed by atoms with Crippen LogP contribution in [-0.4, -0.2) is 88.8 Å². The van der Waals surface area contributed by atoms with E-state index in [1.165, 1.54) is 7.11 Å². The van der Waals surface area contributed by atoms with Gasteiger partial charge in [-0.25, -0.2) is 11.3 Å². The normalized spacial score (nSPS) is 19.9. The molecule has 4 rings (SSSR count). The van der Waals surface area contributed by atoms with Crippen molar-refractivity contribution in [1.29, 1.82) is 0 Å². The average Bonchev–Trinajstić information content (AvgIpc) is 3.52. The summed E-state index contributed by atoms with van der Waals surface area (Å²) in [5.74, 6) is 5.98. The number of nitrogens with two attached hydrogens (primary N) is 1. The molecule has 8 N–H and O–H groups in total. The van der Waals surface area contributed by atoms with E-state index in [4.69, 9.17) is 19.7 Å². The fourth-order valence-corrected chi connectivity index (χ4v) is 5.05. The third-order valence-electron chi connectivity index (χ3n) is 6.17. The van der Waals surface area contributed by atoms with Gasteiger partial charge in [-0.15, -0.1) is 0 Å². The van der Waals surface area contributed by atoms with Crippen LogP contribution in [-0.2, 0) is 13.9 Å². The van der Waals surface area contributed by atoms with Gasteiger partial charge in [0, 0.05) is 50.4 Å². The highest BCUT2D eigenvalue weighted by Gasteiger charge is 2.36. The molecule has 1 aliphatic heterocycles.